The summed E-state index contributed by atoms with van der Waals surface area (Å²) in [5, 5.41) is 15.8. The third-order valence-corrected chi connectivity index (χ3v) is 2.71. The molecule has 1 heterocycles. The van der Waals surface area contributed by atoms with Crippen LogP contribution >= 0.6 is 0 Å². The van der Waals surface area contributed by atoms with Crippen LogP contribution in [0.2, 0.25) is 0 Å². The van der Waals surface area contributed by atoms with Gasteiger partial charge in [0.1, 0.15) is 0 Å². The Kier molecular flexibility index (Phi) is 3.27. The van der Waals surface area contributed by atoms with Crippen LogP contribution in [-0.4, -0.2) is 22.8 Å². The van der Waals surface area contributed by atoms with Gasteiger partial charge in [-0.05, 0) is 11.1 Å². The van der Waals surface area contributed by atoms with Gasteiger partial charge in [0.05, 0.1) is 18.7 Å². The Morgan fingerprint density at radius 2 is 2.00 bits per heavy atom. The molecule has 1 aliphatic heterocycles. The summed E-state index contributed by atoms with van der Waals surface area (Å²) >= 11 is 0. The summed E-state index contributed by atoms with van der Waals surface area (Å²) in [4.78, 5) is 4.12. The summed E-state index contributed by atoms with van der Waals surface area (Å²) in [7, 11) is 0. The molecule has 0 aliphatic carbocycles. The van der Waals surface area contributed by atoms with Crippen LogP contribution in [0.3, 0.4) is 0 Å². The molecule has 1 atom stereocenters. The van der Waals surface area contributed by atoms with Crippen molar-refractivity contribution >= 4 is 5.71 Å². The summed E-state index contributed by atoms with van der Waals surface area (Å²) < 4.78 is 37.6. The van der Waals surface area contributed by atoms with Gasteiger partial charge in [-0.1, -0.05) is 29.4 Å². The molecule has 0 saturated heterocycles. The second kappa shape index (κ2) is 4.61. The Balaban J connectivity index is 2.15. The van der Waals surface area contributed by atoms with Gasteiger partial charge in [0, 0.05) is 0 Å². The molecule has 0 aromatic heterocycles. The highest BCUT2D eigenvalue weighted by molar-refractivity contribution is 6.01. The van der Waals surface area contributed by atoms with Gasteiger partial charge in [-0.2, -0.15) is 18.3 Å². The van der Waals surface area contributed by atoms with Crippen LogP contribution in [0.25, 0.3) is 0 Å². The van der Waals surface area contributed by atoms with Crippen LogP contribution in [0, 0.1) is 5.53 Å². The lowest BCUT2D eigenvalue weighted by atomic mass is 10.0. The number of nitrogens with zero attached hydrogens (tertiary/aromatic N) is 2. The minimum atomic E-state index is -4.90. The normalized spacial score (nSPS) is 22.8. The van der Waals surface area contributed by atoms with Crippen molar-refractivity contribution in [3.63, 3.8) is 0 Å². The lowest BCUT2D eigenvalue weighted by molar-refractivity contribution is -0.355. The number of halogens is 3. The minimum absolute atomic E-state index is 0.0224. The molecule has 1 aliphatic rings. The molecule has 19 heavy (non-hydrogen) atoms. The maximum Gasteiger partial charge on any atom is 0.458 e. The summed E-state index contributed by atoms with van der Waals surface area (Å²) in [5.74, 6) is -3.25. The molecule has 0 bridgehead atoms. The summed E-state index contributed by atoms with van der Waals surface area (Å²) in [6, 6.07) is 6.34. The van der Waals surface area contributed by atoms with Gasteiger partial charge in [0.2, 0.25) is 0 Å². The van der Waals surface area contributed by atoms with E-state index >= 15 is 0 Å². The van der Waals surface area contributed by atoms with E-state index in [1.54, 1.807) is 24.3 Å². The standard InChI is InChI=1S/C11H10F3N3O2/c12-11(13,14)10(18)5-9(17-19-10)8-3-1-7(2-4-8)6-16-15/h1-4,15,18H,5-6H2. The van der Waals surface area contributed by atoms with Crippen molar-refractivity contribution in [3.05, 3.63) is 35.4 Å². The van der Waals surface area contributed by atoms with Crippen molar-refractivity contribution in [2.45, 2.75) is 24.9 Å². The highest BCUT2D eigenvalue weighted by Gasteiger charge is 2.60. The average molecular weight is 273 g/mol. The maximum absolute atomic E-state index is 12.5. The molecular formula is C11H10F3N3O2. The molecule has 2 N–H and O–H groups in total. The van der Waals surface area contributed by atoms with E-state index in [0.717, 1.165) is 5.56 Å². The fourth-order valence-electron chi connectivity index (χ4n) is 1.62. The average Bonchev–Trinajstić information content (AvgIpc) is 2.74. The van der Waals surface area contributed by atoms with E-state index in [2.05, 4.69) is 15.1 Å². The number of oxime groups is 1. The molecule has 0 saturated carbocycles. The van der Waals surface area contributed by atoms with Crippen LogP contribution in [0.4, 0.5) is 13.2 Å². The van der Waals surface area contributed by atoms with Crippen LogP contribution < -0.4 is 0 Å². The van der Waals surface area contributed by atoms with Gasteiger partial charge in [-0.3, -0.25) is 0 Å². The zero-order valence-electron chi connectivity index (χ0n) is 9.61. The topological polar surface area (TPSA) is 78.0 Å². The van der Waals surface area contributed by atoms with Crippen molar-refractivity contribution in [2.24, 2.45) is 10.3 Å². The molecule has 2 rings (SSSR count). The van der Waals surface area contributed by atoms with Crippen molar-refractivity contribution in [1.82, 2.24) is 0 Å². The van der Waals surface area contributed by atoms with E-state index in [9.17, 15) is 18.3 Å². The number of rotatable bonds is 3. The smallest absolute Gasteiger partial charge is 0.350 e. The summed E-state index contributed by atoms with van der Waals surface area (Å²) in [5.41, 5.74) is 7.91. The van der Waals surface area contributed by atoms with E-state index in [-0.39, 0.29) is 12.3 Å². The van der Waals surface area contributed by atoms with Gasteiger partial charge in [-0.15, -0.1) is 0 Å². The zero-order valence-corrected chi connectivity index (χ0v) is 9.61. The lowest BCUT2D eigenvalue weighted by Crippen LogP contribution is -2.45. The fraction of sp³-hybridized carbons (Fsp3) is 0.364. The Labute approximate surface area is 106 Å². The number of aliphatic hydroxyl groups is 1. The van der Waals surface area contributed by atoms with Crippen molar-refractivity contribution in [2.75, 3.05) is 0 Å². The van der Waals surface area contributed by atoms with Gasteiger partial charge >= 0.3 is 12.0 Å². The number of hydrogen-bond acceptors (Lipinski definition) is 5. The summed E-state index contributed by atoms with van der Waals surface area (Å²) in [6.07, 6.45) is -5.65. The number of alkyl halides is 3. The Morgan fingerprint density at radius 1 is 1.37 bits per heavy atom. The lowest BCUT2D eigenvalue weighted by Gasteiger charge is -2.22. The van der Waals surface area contributed by atoms with E-state index in [1.165, 1.54) is 0 Å². The van der Waals surface area contributed by atoms with E-state index in [4.69, 9.17) is 5.53 Å². The Bertz CT molecular complexity index is 513. The highest BCUT2D eigenvalue weighted by Crippen LogP contribution is 2.38. The van der Waals surface area contributed by atoms with Gasteiger partial charge in [0.15, 0.2) is 0 Å². The van der Waals surface area contributed by atoms with Crippen molar-refractivity contribution < 1.29 is 23.1 Å². The first kappa shape index (κ1) is 13.5. The number of nitrogens with one attached hydrogen (secondary N) is 1. The molecule has 1 aromatic rings. The number of benzene rings is 1. The Morgan fingerprint density at radius 3 is 2.47 bits per heavy atom. The van der Waals surface area contributed by atoms with Crippen molar-refractivity contribution in [3.8, 4) is 0 Å². The van der Waals surface area contributed by atoms with Crippen LogP contribution in [0.15, 0.2) is 34.5 Å². The monoisotopic (exact) mass is 273 g/mol. The predicted octanol–water partition coefficient (Wildman–Crippen LogP) is 2.59. The second-order valence-corrected chi connectivity index (χ2v) is 4.10. The second-order valence-electron chi connectivity index (χ2n) is 4.10. The molecule has 5 nitrogen and oxygen atoms in total. The Hall–Kier alpha value is -1.96. The molecule has 102 valence electrons. The van der Waals surface area contributed by atoms with E-state index in [1.807, 2.05) is 0 Å². The van der Waals surface area contributed by atoms with Gasteiger partial charge < -0.3 is 9.94 Å². The third kappa shape index (κ3) is 2.58. The largest absolute Gasteiger partial charge is 0.458 e. The van der Waals surface area contributed by atoms with Crippen molar-refractivity contribution in [1.29, 1.82) is 5.53 Å². The van der Waals surface area contributed by atoms with E-state index < -0.39 is 18.4 Å². The number of hydrogen-bond donors (Lipinski definition) is 2. The molecule has 0 fully saturated rings. The van der Waals surface area contributed by atoms with Crippen LogP contribution in [-0.2, 0) is 11.4 Å². The third-order valence-electron chi connectivity index (χ3n) is 2.71. The first-order valence-corrected chi connectivity index (χ1v) is 5.32. The quantitative estimate of drug-likeness (QED) is 0.830. The summed E-state index contributed by atoms with van der Waals surface area (Å²) in [6.45, 7) is 0.204. The van der Waals surface area contributed by atoms with E-state index in [0.29, 0.717) is 5.56 Å². The first-order valence-electron chi connectivity index (χ1n) is 5.32. The molecule has 1 aromatic carbocycles. The molecule has 0 spiro atoms. The van der Waals surface area contributed by atoms with Gasteiger partial charge in [-0.25, -0.2) is 5.53 Å². The van der Waals surface area contributed by atoms with Crippen LogP contribution in [0.1, 0.15) is 17.5 Å². The zero-order chi connectivity index (χ0) is 14.1. The highest BCUT2D eigenvalue weighted by atomic mass is 19.4. The fourth-order valence-corrected chi connectivity index (χ4v) is 1.62. The molecule has 8 heteroatoms. The minimum Gasteiger partial charge on any atom is -0.350 e. The molecule has 0 amide bonds. The SMILES string of the molecule is N=NCc1ccc(C2=NOC(O)(C(F)(F)F)C2)cc1. The molecule has 1 unspecified atom stereocenters. The predicted molar refractivity (Wildman–Crippen MR) is 58.5 cm³/mol. The molecule has 0 radical (unpaired) electrons. The first-order chi connectivity index (χ1) is 8.86. The van der Waals surface area contributed by atoms with Crippen LogP contribution in [0.5, 0.6) is 0 Å². The van der Waals surface area contributed by atoms with Gasteiger partial charge in [0.25, 0.3) is 0 Å². The maximum atomic E-state index is 12.5. The molecular weight excluding hydrogens is 263 g/mol.